The van der Waals surface area contributed by atoms with Crippen molar-refractivity contribution < 1.29 is 4.79 Å². The van der Waals surface area contributed by atoms with E-state index in [1.165, 1.54) is 11.3 Å². The van der Waals surface area contributed by atoms with E-state index in [1.54, 1.807) is 11.1 Å². The molecule has 2 aromatic rings. The van der Waals surface area contributed by atoms with Crippen LogP contribution in [0.25, 0.3) is 0 Å². The zero-order chi connectivity index (χ0) is 20.7. The Hall–Kier alpha value is -2.16. The minimum absolute atomic E-state index is 0.00437. The highest BCUT2D eigenvalue weighted by Gasteiger charge is 2.44. The lowest BCUT2D eigenvalue weighted by molar-refractivity contribution is -0.121. The highest BCUT2D eigenvalue weighted by Crippen LogP contribution is 2.32. The summed E-state index contributed by atoms with van der Waals surface area (Å²) in [6.45, 7) is 4.30. The number of halogens is 1. The number of nitrogens with one attached hydrogen (secondary N) is 3. The number of rotatable bonds is 3. The number of carbonyl (C=O) groups excluding carboxylic acids is 1. The van der Waals surface area contributed by atoms with Crippen LogP contribution in [0.15, 0.2) is 48.5 Å². The fraction of sp³-hybridized carbons (Fsp3) is 0.409. The minimum atomic E-state index is 0.00437. The number of fused-ring (bicyclic) bond motifs is 1. The third-order valence-electron chi connectivity index (χ3n) is 6.35. The minimum Gasteiger partial charge on any atom is -0.369 e. The molecule has 0 spiro atoms. The quantitative estimate of drug-likeness (QED) is 0.697. The van der Waals surface area contributed by atoms with Gasteiger partial charge in [-0.1, -0.05) is 35.9 Å². The van der Waals surface area contributed by atoms with Gasteiger partial charge in [-0.3, -0.25) is 10.2 Å². The van der Waals surface area contributed by atoms with Gasteiger partial charge >= 0.3 is 0 Å². The Labute approximate surface area is 181 Å². The molecule has 1 amide bonds. The number of benzene rings is 2. The predicted octanol–water partition coefficient (Wildman–Crippen LogP) is 1.92. The summed E-state index contributed by atoms with van der Waals surface area (Å²) in [6, 6.07) is 16.3. The number of anilines is 2. The van der Waals surface area contributed by atoms with Gasteiger partial charge in [-0.15, -0.1) is 0 Å². The van der Waals surface area contributed by atoms with Crippen LogP contribution in [0.2, 0.25) is 5.02 Å². The lowest BCUT2D eigenvalue weighted by Crippen LogP contribution is -2.60. The van der Waals surface area contributed by atoms with Crippen molar-refractivity contribution in [2.24, 2.45) is 0 Å². The smallest absolute Gasteiger partial charge is 0.243 e. The highest BCUT2D eigenvalue weighted by atomic mass is 35.5. The van der Waals surface area contributed by atoms with Crippen molar-refractivity contribution in [1.29, 1.82) is 0 Å². The Balaban J connectivity index is 1.33. The number of likely N-dealkylation sites (N-methyl/N-ethyl adjacent to an activating group) is 1. The molecule has 3 N–H and O–H groups in total. The number of hydrazine groups is 2. The van der Waals surface area contributed by atoms with Crippen LogP contribution in [-0.4, -0.2) is 56.1 Å². The predicted molar refractivity (Wildman–Crippen MR) is 119 cm³/mol. The van der Waals surface area contributed by atoms with Crippen molar-refractivity contribution in [3.63, 3.8) is 0 Å². The normalized spacial score (nSPS) is 27.4. The Bertz CT molecular complexity index is 914. The number of para-hydroxylation sites is 1. The second kappa shape index (κ2) is 8.17. The Morgan fingerprint density at radius 3 is 2.43 bits per heavy atom. The molecule has 0 aliphatic carbocycles. The first-order chi connectivity index (χ1) is 14.6. The van der Waals surface area contributed by atoms with Crippen LogP contribution >= 0.6 is 11.6 Å². The molecule has 158 valence electrons. The summed E-state index contributed by atoms with van der Waals surface area (Å²) in [6.07, 6.45) is 0.409. The van der Waals surface area contributed by atoms with E-state index in [9.17, 15) is 4.79 Å². The highest BCUT2D eigenvalue weighted by molar-refractivity contribution is 6.33. The van der Waals surface area contributed by atoms with Crippen LogP contribution in [0.4, 0.5) is 11.4 Å². The third kappa shape index (κ3) is 3.68. The summed E-state index contributed by atoms with van der Waals surface area (Å²) in [5, 5.41) is 2.16. The lowest BCUT2D eigenvalue weighted by atomic mass is 9.93. The van der Waals surface area contributed by atoms with Gasteiger partial charge in [0.2, 0.25) is 5.91 Å². The molecule has 0 saturated carbocycles. The van der Waals surface area contributed by atoms with E-state index < -0.39 is 0 Å². The maximum atomic E-state index is 12.7. The van der Waals surface area contributed by atoms with E-state index in [0.29, 0.717) is 17.1 Å². The summed E-state index contributed by atoms with van der Waals surface area (Å²) in [7, 11) is 2.17. The molecule has 3 aliphatic rings. The molecule has 3 unspecified atom stereocenters. The molecule has 3 fully saturated rings. The number of carbonyl (C=O) groups is 1. The number of hydrogen-bond donors (Lipinski definition) is 3. The van der Waals surface area contributed by atoms with Gasteiger partial charge in [-0.2, -0.15) is 0 Å². The lowest BCUT2D eigenvalue weighted by Gasteiger charge is -2.37. The first-order valence-electron chi connectivity index (χ1n) is 10.5. The zero-order valence-electron chi connectivity index (χ0n) is 17.0. The van der Waals surface area contributed by atoms with Gasteiger partial charge in [0.1, 0.15) is 0 Å². The molecule has 3 aliphatic heterocycles. The fourth-order valence-corrected chi connectivity index (χ4v) is 4.76. The van der Waals surface area contributed by atoms with Gasteiger partial charge in [-0.25, -0.2) is 15.9 Å². The van der Waals surface area contributed by atoms with E-state index in [-0.39, 0.29) is 24.0 Å². The zero-order valence-corrected chi connectivity index (χ0v) is 17.8. The average Bonchev–Trinajstić information content (AvgIpc) is 3.17. The number of hydrogen-bond acceptors (Lipinski definition) is 6. The Morgan fingerprint density at radius 1 is 0.967 bits per heavy atom. The van der Waals surface area contributed by atoms with Crippen molar-refractivity contribution in [1.82, 2.24) is 21.2 Å². The maximum Gasteiger partial charge on any atom is 0.243 e. The number of nitrogens with zero attached hydrogens (tertiary/aromatic N) is 3. The van der Waals surface area contributed by atoms with Crippen LogP contribution in [0, 0.1) is 0 Å². The molecule has 30 heavy (non-hydrogen) atoms. The molecular formula is C22H27ClN6O. The molecule has 3 saturated heterocycles. The second-order valence-electron chi connectivity index (χ2n) is 8.29. The Morgan fingerprint density at radius 2 is 1.70 bits per heavy atom. The molecular weight excluding hydrogens is 400 g/mol. The number of amides is 1. The number of piperazine rings is 1. The van der Waals surface area contributed by atoms with Crippen molar-refractivity contribution in [3.8, 4) is 0 Å². The van der Waals surface area contributed by atoms with Gasteiger partial charge in [0.25, 0.3) is 0 Å². The van der Waals surface area contributed by atoms with Crippen LogP contribution < -0.4 is 26.2 Å². The summed E-state index contributed by atoms with van der Waals surface area (Å²) in [5.74, 6) is 0.00437. The van der Waals surface area contributed by atoms with Gasteiger partial charge in [0.05, 0.1) is 22.8 Å². The molecule has 3 heterocycles. The first-order valence-corrected chi connectivity index (χ1v) is 10.9. The van der Waals surface area contributed by atoms with E-state index in [1.807, 2.05) is 18.2 Å². The van der Waals surface area contributed by atoms with E-state index in [2.05, 4.69) is 57.4 Å². The van der Waals surface area contributed by atoms with E-state index in [4.69, 9.17) is 11.6 Å². The third-order valence-corrected chi connectivity index (χ3v) is 6.67. The van der Waals surface area contributed by atoms with Gasteiger partial charge in [-0.05, 0) is 36.9 Å². The van der Waals surface area contributed by atoms with Crippen LogP contribution in [-0.2, 0) is 4.79 Å². The fourth-order valence-electron chi connectivity index (χ4n) is 4.54. The average molecular weight is 427 g/mol. The molecule has 0 bridgehead atoms. The molecule has 3 atom stereocenters. The molecule has 5 rings (SSSR count). The van der Waals surface area contributed by atoms with Crippen molar-refractivity contribution in [2.45, 2.75) is 24.5 Å². The summed E-state index contributed by atoms with van der Waals surface area (Å²) >= 11 is 6.35. The molecule has 2 aromatic carbocycles. The van der Waals surface area contributed by atoms with Gasteiger partial charge in [0, 0.05) is 44.3 Å². The molecule has 0 aromatic heterocycles. The van der Waals surface area contributed by atoms with Gasteiger partial charge < -0.3 is 9.80 Å². The first kappa shape index (κ1) is 19.8. The standard InChI is InChI=1S/C22H27ClN6O/c1-27-10-12-28(13-11-27)16-8-6-15(7-9-16)21-22-18(24-25-21)14-20(30)29(26-22)19-5-3-2-4-17(19)23/h2-9,18,21-22,24-26H,10-14H2,1H3. The second-order valence-corrected chi connectivity index (χ2v) is 8.70. The van der Waals surface area contributed by atoms with Crippen LogP contribution in [0.1, 0.15) is 18.0 Å². The van der Waals surface area contributed by atoms with E-state index >= 15 is 0 Å². The van der Waals surface area contributed by atoms with E-state index in [0.717, 1.165) is 26.2 Å². The van der Waals surface area contributed by atoms with Crippen molar-refractivity contribution >= 4 is 28.9 Å². The molecule has 0 radical (unpaired) electrons. The maximum absolute atomic E-state index is 12.7. The van der Waals surface area contributed by atoms with Crippen molar-refractivity contribution in [2.75, 3.05) is 43.1 Å². The SMILES string of the molecule is CN1CCN(c2ccc(C3NNC4CC(=O)N(c5ccccc5Cl)NC43)cc2)CC1. The molecule has 8 heteroatoms. The Kier molecular flexibility index (Phi) is 5.39. The summed E-state index contributed by atoms with van der Waals surface area (Å²) in [5.41, 5.74) is 13.2. The van der Waals surface area contributed by atoms with Crippen molar-refractivity contribution in [3.05, 3.63) is 59.1 Å². The molecule has 7 nitrogen and oxygen atoms in total. The monoisotopic (exact) mass is 426 g/mol. The van der Waals surface area contributed by atoms with Crippen LogP contribution in [0.5, 0.6) is 0 Å². The topological polar surface area (TPSA) is 62.9 Å². The van der Waals surface area contributed by atoms with Gasteiger partial charge in [0.15, 0.2) is 0 Å². The van der Waals surface area contributed by atoms with Crippen LogP contribution in [0.3, 0.4) is 0 Å². The summed E-state index contributed by atoms with van der Waals surface area (Å²) in [4.78, 5) is 17.5. The summed E-state index contributed by atoms with van der Waals surface area (Å²) < 4.78 is 0. The largest absolute Gasteiger partial charge is 0.369 e.